The van der Waals surface area contributed by atoms with Crippen molar-refractivity contribution >= 4 is 28.2 Å². The van der Waals surface area contributed by atoms with Gasteiger partial charge in [0.25, 0.3) is 0 Å². The summed E-state index contributed by atoms with van der Waals surface area (Å²) < 4.78 is 0. The van der Waals surface area contributed by atoms with E-state index in [1.165, 1.54) is 5.56 Å². The molecule has 0 radical (unpaired) electrons. The molecule has 156 valence electrons. The Balaban J connectivity index is 1.41. The molecule has 5 rings (SSSR count). The smallest absolute Gasteiger partial charge is 0.159 e. The second-order valence-electron chi connectivity index (χ2n) is 8.03. The van der Waals surface area contributed by atoms with Gasteiger partial charge in [0.05, 0.1) is 0 Å². The van der Waals surface area contributed by atoms with Crippen LogP contribution in [0.5, 0.6) is 0 Å². The maximum Gasteiger partial charge on any atom is 0.159 e. The van der Waals surface area contributed by atoms with Crippen molar-refractivity contribution in [2.75, 3.05) is 31.1 Å². The van der Waals surface area contributed by atoms with Gasteiger partial charge in [-0.25, -0.2) is 0 Å². The quantitative estimate of drug-likeness (QED) is 0.419. The van der Waals surface area contributed by atoms with Gasteiger partial charge in [-0.1, -0.05) is 78.3 Å². The molecule has 4 nitrogen and oxygen atoms in total. The molecule has 1 fully saturated rings. The Morgan fingerprint density at radius 2 is 1.45 bits per heavy atom. The summed E-state index contributed by atoms with van der Waals surface area (Å²) in [5.41, 5.74) is 3.30. The molecule has 1 aliphatic rings. The van der Waals surface area contributed by atoms with Crippen LogP contribution in [-0.4, -0.2) is 41.3 Å². The fourth-order valence-electron chi connectivity index (χ4n) is 4.33. The largest absolute Gasteiger partial charge is 0.353 e. The van der Waals surface area contributed by atoms with E-state index in [1.807, 2.05) is 24.3 Å². The minimum absolute atomic E-state index is 0.724. The van der Waals surface area contributed by atoms with Crippen molar-refractivity contribution in [3.05, 3.63) is 89.4 Å². The van der Waals surface area contributed by atoms with E-state index in [2.05, 4.69) is 69.5 Å². The van der Waals surface area contributed by atoms with E-state index in [9.17, 15) is 0 Å². The Kier molecular flexibility index (Phi) is 5.83. The minimum Gasteiger partial charge on any atom is -0.353 e. The van der Waals surface area contributed by atoms with Gasteiger partial charge >= 0.3 is 0 Å². The first-order chi connectivity index (χ1) is 15.3. The van der Waals surface area contributed by atoms with Crippen LogP contribution in [0.1, 0.15) is 12.0 Å². The van der Waals surface area contributed by atoms with E-state index < -0.39 is 0 Å². The van der Waals surface area contributed by atoms with Gasteiger partial charge < -0.3 is 4.90 Å². The fourth-order valence-corrected chi connectivity index (χ4v) is 4.45. The maximum atomic E-state index is 6.08. The van der Waals surface area contributed by atoms with Crippen molar-refractivity contribution in [3.8, 4) is 11.3 Å². The third-order valence-electron chi connectivity index (χ3n) is 5.92. The topological polar surface area (TPSA) is 32.3 Å². The van der Waals surface area contributed by atoms with Gasteiger partial charge in [-0.2, -0.15) is 0 Å². The molecule has 0 saturated carbocycles. The third kappa shape index (κ3) is 4.41. The van der Waals surface area contributed by atoms with Crippen LogP contribution in [-0.2, 0) is 6.54 Å². The maximum absolute atomic E-state index is 6.08. The third-order valence-corrected chi connectivity index (χ3v) is 6.17. The first-order valence-corrected chi connectivity index (χ1v) is 11.2. The van der Waals surface area contributed by atoms with Crippen LogP contribution >= 0.6 is 11.6 Å². The van der Waals surface area contributed by atoms with Gasteiger partial charge in [-0.05, 0) is 24.1 Å². The predicted octanol–water partition coefficient (Wildman–Crippen LogP) is 5.66. The van der Waals surface area contributed by atoms with Crippen LogP contribution < -0.4 is 4.90 Å². The van der Waals surface area contributed by atoms with Crippen molar-refractivity contribution < 1.29 is 0 Å². The summed E-state index contributed by atoms with van der Waals surface area (Å²) in [5, 5.41) is 12.4. The van der Waals surface area contributed by atoms with Crippen molar-refractivity contribution in [3.63, 3.8) is 0 Å². The predicted molar refractivity (Wildman–Crippen MR) is 129 cm³/mol. The molecule has 0 aliphatic carbocycles. The molecule has 1 saturated heterocycles. The highest BCUT2D eigenvalue weighted by atomic mass is 35.5. The summed E-state index contributed by atoms with van der Waals surface area (Å²) in [6.07, 6.45) is 1.11. The van der Waals surface area contributed by atoms with Gasteiger partial charge in [-0.15, -0.1) is 10.2 Å². The number of halogens is 1. The average molecular weight is 429 g/mol. The van der Waals surface area contributed by atoms with Crippen LogP contribution in [0.4, 0.5) is 5.82 Å². The Labute approximate surface area is 188 Å². The molecule has 0 N–H and O–H groups in total. The zero-order valence-electron chi connectivity index (χ0n) is 17.4. The monoisotopic (exact) mass is 428 g/mol. The number of benzene rings is 3. The van der Waals surface area contributed by atoms with Gasteiger partial charge in [0, 0.05) is 54.1 Å². The lowest BCUT2D eigenvalue weighted by Crippen LogP contribution is -2.31. The van der Waals surface area contributed by atoms with E-state index in [0.717, 1.165) is 72.0 Å². The Bertz CT molecular complexity index is 1160. The second kappa shape index (κ2) is 9.04. The highest BCUT2D eigenvalue weighted by Gasteiger charge is 2.20. The zero-order valence-corrected chi connectivity index (χ0v) is 18.2. The molecule has 0 amide bonds. The summed E-state index contributed by atoms with van der Waals surface area (Å²) in [5.74, 6) is 0.981. The number of nitrogens with zero attached hydrogens (tertiary/aromatic N) is 4. The van der Waals surface area contributed by atoms with Crippen molar-refractivity contribution in [2.45, 2.75) is 13.0 Å². The number of aromatic nitrogens is 2. The van der Waals surface area contributed by atoms with E-state index in [0.29, 0.717) is 0 Å². The normalized spacial score (nSPS) is 15.2. The molecular formula is C26H25ClN4. The van der Waals surface area contributed by atoms with Crippen LogP contribution in [0.15, 0.2) is 78.9 Å². The number of fused-ring (bicyclic) bond motifs is 1. The fraction of sp³-hybridized carbons (Fsp3) is 0.231. The molecule has 31 heavy (non-hydrogen) atoms. The van der Waals surface area contributed by atoms with Gasteiger partial charge in [0.2, 0.25) is 0 Å². The molecular weight excluding hydrogens is 404 g/mol. The van der Waals surface area contributed by atoms with Gasteiger partial charge in [0.1, 0.15) is 5.69 Å². The molecule has 0 bridgehead atoms. The minimum atomic E-state index is 0.724. The van der Waals surface area contributed by atoms with E-state index in [1.54, 1.807) is 0 Å². The van der Waals surface area contributed by atoms with Crippen molar-refractivity contribution in [1.82, 2.24) is 15.1 Å². The number of rotatable bonds is 4. The molecule has 0 spiro atoms. The number of hydrogen-bond donors (Lipinski definition) is 0. The SMILES string of the molecule is Clc1ccc(-c2nnc(N3CCCN(Cc4ccccc4)CC3)c3ccccc23)cc1. The van der Waals surface area contributed by atoms with Crippen molar-refractivity contribution in [1.29, 1.82) is 0 Å². The molecule has 1 aromatic heterocycles. The van der Waals surface area contributed by atoms with E-state index in [4.69, 9.17) is 16.7 Å². The molecule has 1 aliphatic heterocycles. The Morgan fingerprint density at radius 3 is 2.26 bits per heavy atom. The highest BCUT2D eigenvalue weighted by Crippen LogP contribution is 2.32. The molecule has 0 atom stereocenters. The standard InChI is InChI=1S/C26H25ClN4/c27-22-13-11-21(12-14-22)25-23-9-4-5-10-24(23)26(29-28-25)31-16-6-15-30(17-18-31)19-20-7-2-1-3-8-20/h1-5,7-14H,6,15-19H2. The van der Waals surface area contributed by atoms with Crippen LogP contribution in [0, 0.1) is 0 Å². The first-order valence-electron chi connectivity index (χ1n) is 10.8. The molecule has 4 aromatic rings. The van der Waals surface area contributed by atoms with Crippen LogP contribution in [0.2, 0.25) is 5.02 Å². The summed E-state index contributed by atoms with van der Waals surface area (Å²) in [7, 11) is 0. The lowest BCUT2D eigenvalue weighted by atomic mass is 10.0. The average Bonchev–Trinajstić information content (AvgIpc) is 3.05. The Morgan fingerprint density at radius 1 is 0.710 bits per heavy atom. The number of anilines is 1. The van der Waals surface area contributed by atoms with Gasteiger partial charge in [0.15, 0.2) is 5.82 Å². The number of hydrogen-bond acceptors (Lipinski definition) is 4. The molecule has 0 unspecified atom stereocenters. The summed E-state index contributed by atoms with van der Waals surface area (Å²) in [6.45, 7) is 5.05. The Hall–Kier alpha value is -2.95. The molecule has 3 aromatic carbocycles. The van der Waals surface area contributed by atoms with E-state index in [-0.39, 0.29) is 0 Å². The van der Waals surface area contributed by atoms with Crippen molar-refractivity contribution in [2.24, 2.45) is 0 Å². The molecule has 5 heteroatoms. The summed E-state index contributed by atoms with van der Waals surface area (Å²) >= 11 is 6.08. The highest BCUT2D eigenvalue weighted by molar-refractivity contribution is 6.30. The zero-order chi connectivity index (χ0) is 21.0. The molecule has 2 heterocycles. The van der Waals surface area contributed by atoms with Crippen LogP contribution in [0.3, 0.4) is 0 Å². The second-order valence-corrected chi connectivity index (χ2v) is 8.46. The summed E-state index contributed by atoms with van der Waals surface area (Å²) in [4.78, 5) is 4.93. The summed E-state index contributed by atoms with van der Waals surface area (Å²) in [6, 6.07) is 27.0. The van der Waals surface area contributed by atoms with Gasteiger partial charge in [-0.3, -0.25) is 4.90 Å². The van der Waals surface area contributed by atoms with E-state index >= 15 is 0 Å². The van der Waals surface area contributed by atoms with Crippen LogP contribution in [0.25, 0.3) is 22.0 Å². The lowest BCUT2D eigenvalue weighted by molar-refractivity contribution is 0.285. The first kappa shape index (κ1) is 20.0. The lowest BCUT2D eigenvalue weighted by Gasteiger charge is -2.24.